The van der Waals surface area contributed by atoms with Crippen molar-refractivity contribution in [2.45, 2.75) is 65.3 Å². The first-order valence-electron chi connectivity index (χ1n) is 10.5. The zero-order valence-electron chi connectivity index (χ0n) is 19.0. The topological polar surface area (TPSA) is 83.2 Å². The maximum atomic E-state index is 12.1. The Morgan fingerprint density at radius 3 is 2.53 bits per heavy atom. The number of aliphatic imine (C=N–C) groups is 1. The molecule has 0 radical (unpaired) electrons. The number of nitrogens with one attached hydrogen (secondary N) is 1. The number of rotatable bonds is 7. The molecule has 1 aromatic rings. The van der Waals surface area contributed by atoms with Crippen molar-refractivity contribution in [2.24, 2.45) is 10.7 Å². The van der Waals surface area contributed by atoms with Crippen LogP contribution < -0.4 is 11.1 Å². The lowest BCUT2D eigenvalue weighted by molar-refractivity contribution is 0.0285. The van der Waals surface area contributed by atoms with Crippen LogP contribution >= 0.6 is 24.0 Å². The van der Waals surface area contributed by atoms with Crippen LogP contribution in [-0.4, -0.2) is 60.2 Å². The molecule has 0 spiro atoms. The summed E-state index contributed by atoms with van der Waals surface area (Å²) in [5.41, 5.74) is 7.65. The van der Waals surface area contributed by atoms with Crippen LogP contribution in [0.2, 0.25) is 0 Å². The Balaban J connectivity index is 0.00000450. The Labute approximate surface area is 198 Å². The fourth-order valence-electron chi connectivity index (χ4n) is 3.43. The highest BCUT2D eigenvalue weighted by atomic mass is 127. The average molecular weight is 531 g/mol. The summed E-state index contributed by atoms with van der Waals surface area (Å²) in [6, 6.07) is 8.60. The van der Waals surface area contributed by atoms with Crippen molar-refractivity contribution < 1.29 is 9.53 Å². The summed E-state index contributed by atoms with van der Waals surface area (Å²) < 4.78 is 5.38. The molecular weight excluding hydrogens is 493 g/mol. The number of likely N-dealkylation sites (N-methyl/N-ethyl adjacent to an activating group) is 1. The van der Waals surface area contributed by atoms with Crippen LogP contribution in [0.5, 0.6) is 0 Å². The highest BCUT2D eigenvalue weighted by Gasteiger charge is 2.22. The largest absolute Gasteiger partial charge is 0.444 e. The van der Waals surface area contributed by atoms with E-state index in [4.69, 9.17) is 10.5 Å². The number of ether oxygens (including phenoxy) is 1. The second-order valence-electron chi connectivity index (χ2n) is 8.66. The number of carbonyl (C=O) groups excluding carboxylic acids is 1. The molecule has 0 saturated carbocycles. The first-order chi connectivity index (χ1) is 13.7. The standard InChI is InChI=1S/C22H37N5O2.HI/c1-6-27-13-7-8-19(27)15-25-20(23)24-14-17-9-11-18(12-10-17)16-26(5)21(28)29-22(2,3)4;/h9-12,19H,6-8,13-16H2,1-5H3,(H3,23,24,25);1H. The number of hydrogen-bond acceptors (Lipinski definition) is 4. The van der Waals surface area contributed by atoms with Gasteiger partial charge in [0.1, 0.15) is 5.60 Å². The molecule has 0 aromatic heterocycles. The van der Waals surface area contributed by atoms with Gasteiger partial charge in [0, 0.05) is 26.2 Å². The monoisotopic (exact) mass is 531 g/mol. The predicted octanol–water partition coefficient (Wildman–Crippen LogP) is 3.56. The van der Waals surface area contributed by atoms with Crippen molar-refractivity contribution in [1.82, 2.24) is 15.1 Å². The highest BCUT2D eigenvalue weighted by molar-refractivity contribution is 14.0. The van der Waals surface area contributed by atoms with Crippen molar-refractivity contribution in [2.75, 3.05) is 26.7 Å². The van der Waals surface area contributed by atoms with Gasteiger partial charge in [-0.25, -0.2) is 9.79 Å². The molecule has 170 valence electrons. The maximum Gasteiger partial charge on any atom is 0.410 e. The van der Waals surface area contributed by atoms with Crippen molar-refractivity contribution in [1.29, 1.82) is 0 Å². The molecule has 1 heterocycles. The molecule has 30 heavy (non-hydrogen) atoms. The van der Waals surface area contributed by atoms with Crippen LogP contribution in [0.25, 0.3) is 0 Å². The van der Waals surface area contributed by atoms with Gasteiger partial charge in [-0.2, -0.15) is 0 Å². The fraction of sp³-hybridized carbons (Fsp3) is 0.636. The van der Waals surface area contributed by atoms with Crippen LogP contribution in [0.1, 0.15) is 51.7 Å². The summed E-state index contributed by atoms with van der Waals surface area (Å²) in [5, 5.41) is 3.26. The number of nitrogens with two attached hydrogens (primary N) is 1. The quantitative estimate of drug-likeness (QED) is 0.320. The molecule has 1 saturated heterocycles. The second-order valence-corrected chi connectivity index (χ2v) is 8.66. The van der Waals surface area contributed by atoms with Crippen molar-refractivity contribution >= 4 is 36.0 Å². The second kappa shape index (κ2) is 12.3. The molecule has 0 bridgehead atoms. The van der Waals surface area contributed by atoms with Gasteiger partial charge in [0.15, 0.2) is 5.96 Å². The highest BCUT2D eigenvalue weighted by Crippen LogP contribution is 2.15. The molecule has 1 amide bonds. The van der Waals surface area contributed by atoms with Gasteiger partial charge in [-0.05, 0) is 57.8 Å². The molecule has 1 aromatic carbocycles. The van der Waals surface area contributed by atoms with E-state index < -0.39 is 5.60 Å². The lowest BCUT2D eigenvalue weighted by Crippen LogP contribution is -2.42. The Morgan fingerprint density at radius 2 is 1.93 bits per heavy atom. The van der Waals surface area contributed by atoms with Gasteiger partial charge in [0.05, 0.1) is 6.54 Å². The van der Waals surface area contributed by atoms with Crippen LogP contribution in [-0.2, 0) is 17.8 Å². The number of amides is 1. The minimum atomic E-state index is -0.492. The minimum absolute atomic E-state index is 0. The Bertz CT molecular complexity index is 688. The zero-order chi connectivity index (χ0) is 21.4. The third-order valence-electron chi connectivity index (χ3n) is 5.00. The number of hydrogen-bond donors (Lipinski definition) is 2. The molecule has 7 nitrogen and oxygen atoms in total. The lowest BCUT2D eigenvalue weighted by Gasteiger charge is -2.24. The van der Waals surface area contributed by atoms with Gasteiger partial charge in [0.25, 0.3) is 0 Å². The number of guanidine groups is 1. The van der Waals surface area contributed by atoms with Crippen molar-refractivity contribution in [3.05, 3.63) is 35.4 Å². The Kier molecular flexibility index (Phi) is 10.9. The summed E-state index contributed by atoms with van der Waals surface area (Å²) in [5.74, 6) is 0.488. The number of benzene rings is 1. The molecule has 1 fully saturated rings. The van der Waals surface area contributed by atoms with Gasteiger partial charge in [0.2, 0.25) is 0 Å². The minimum Gasteiger partial charge on any atom is -0.444 e. The van der Waals surface area contributed by atoms with E-state index >= 15 is 0 Å². The van der Waals surface area contributed by atoms with E-state index in [1.807, 2.05) is 45.0 Å². The fourth-order valence-corrected chi connectivity index (χ4v) is 3.43. The Morgan fingerprint density at radius 1 is 1.30 bits per heavy atom. The van der Waals surface area contributed by atoms with E-state index in [1.165, 1.54) is 19.4 Å². The van der Waals surface area contributed by atoms with Crippen LogP contribution in [0, 0.1) is 0 Å². The van der Waals surface area contributed by atoms with Gasteiger partial charge >= 0.3 is 6.09 Å². The van der Waals surface area contributed by atoms with E-state index in [0.717, 1.165) is 24.2 Å². The molecule has 3 N–H and O–H groups in total. The zero-order valence-corrected chi connectivity index (χ0v) is 21.3. The number of likely N-dealkylation sites (tertiary alicyclic amines) is 1. The molecule has 1 atom stereocenters. The van der Waals surface area contributed by atoms with Crippen molar-refractivity contribution in [3.63, 3.8) is 0 Å². The lowest BCUT2D eigenvalue weighted by atomic mass is 10.1. The third-order valence-corrected chi connectivity index (χ3v) is 5.00. The smallest absolute Gasteiger partial charge is 0.410 e. The van der Waals surface area contributed by atoms with Crippen LogP contribution in [0.3, 0.4) is 0 Å². The third kappa shape index (κ3) is 9.07. The first kappa shape index (κ1) is 26.5. The SMILES string of the molecule is CCN1CCCC1CNC(N)=NCc1ccc(CN(C)C(=O)OC(C)(C)C)cc1.I. The van der Waals surface area contributed by atoms with Crippen LogP contribution in [0.4, 0.5) is 4.79 Å². The molecule has 0 aliphatic carbocycles. The summed E-state index contributed by atoms with van der Waals surface area (Å²) in [6.07, 6.45) is 2.15. The Hall–Kier alpha value is -1.55. The van der Waals surface area contributed by atoms with Gasteiger partial charge < -0.3 is 20.7 Å². The summed E-state index contributed by atoms with van der Waals surface area (Å²) in [7, 11) is 1.74. The van der Waals surface area contributed by atoms with Gasteiger partial charge in [-0.15, -0.1) is 24.0 Å². The van der Waals surface area contributed by atoms with E-state index in [0.29, 0.717) is 25.1 Å². The van der Waals surface area contributed by atoms with E-state index in [2.05, 4.69) is 22.1 Å². The number of halogens is 1. The molecule has 2 rings (SSSR count). The number of nitrogens with zero attached hydrogens (tertiary/aromatic N) is 3. The van der Waals surface area contributed by atoms with E-state index in [9.17, 15) is 4.79 Å². The molecule has 1 aliphatic heterocycles. The summed E-state index contributed by atoms with van der Waals surface area (Å²) >= 11 is 0. The molecule has 1 unspecified atom stereocenters. The van der Waals surface area contributed by atoms with Gasteiger partial charge in [-0.3, -0.25) is 4.90 Å². The average Bonchev–Trinajstić information content (AvgIpc) is 3.12. The molecule has 8 heteroatoms. The van der Waals surface area contributed by atoms with E-state index in [-0.39, 0.29) is 30.1 Å². The maximum absolute atomic E-state index is 12.1. The summed E-state index contributed by atoms with van der Waals surface area (Å²) in [4.78, 5) is 20.6. The summed E-state index contributed by atoms with van der Waals surface area (Å²) in [6.45, 7) is 11.9. The first-order valence-corrected chi connectivity index (χ1v) is 10.5. The van der Waals surface area contributed by atoms with Gasteiger partial charge in [-0.1, -0.05) is 31.2 Å². The normalized spacial score (nSPS) is 17.4. The van der Waals surface area contributed by atoms with E-state index in [1.54, 1.807) is 11.9 Å². The van der Waals surface area contributed by atoms with Crippen LogP contribution in [0.15, 0.2) is 29.3 Å². The predicted molar refractivity (Wildman–Crippen MR) is 133 cm³/mol. The number of carbonyl (C=O) groups is 1. The molecular formula is C22H38IN5O2. The van der Waals surface area contributed by atoms with Crippen molar-refractivity contribution in [3.8, 4) is 0 Å². The molecule has 1 aliphatic rings.